The Labute approximate surface area is 136 Å². The van der Waals surface area contributed by atoms with E-state index in [4.69, 9.17) is 10.8 Å². The zero-order valence-electron chi connectivity index (χ0n) is 13.3. The van der Waals surface area contributed by atoms with E-state index >= 15 is 0 Å². The molecule has 2 rings (SSSR count). The van der Waals surface area contributed by atoms with Crippen LogP contribution in [0.15, 0.2) is 60.7 Å². The maximum atomic E-state index is 11.2. The molecule has 0 saturated carbocycles. The summed E-state index contributed by atoms with van der Waals surface area (Å²) < 4.78 is 0. The first-order valence-electron chi connectivity index (χ1n) is 7.23. The number of hydrogen-bond acceptors (Lipinski definition) is 4. The van der Waals surface area contributed by atoms with Gasteiger partial charge in [-0.1, -0.05) is 54.1 Å². The highest BCUT2D eigenvalue weighted by Gasteiger charge is 2.20. The third-order valence-electron chi connectivity index (χ3n) is 3.09. The average molecular weight is 314 g/mol. The second-order valence-corrected chi connectivity index (χ2v) is 5.07. The van der Waals surface area contributed by atoms with Gasteiger partial charge < -0.3 is 15.7 Å². The van der Waals surface area contributed by atoms with Crippen molar-refractivity contribution >= 4 is 17.4 Å². The highest BCUT2D eigenvalue weighted by molar-refractivity contribution is 5.86. The van der Waals surface area contributed by atoms with Crippen LogP contribution in [-0.2, 0) is 9.59 Å². The number of carboxylic acid groups (broad SMARTS) is 1. The number of nitrogens with two attached hydrogens (primary N) is 1. The molecular formula is C18H22N2O3. The van der Waals surface area contributed by atoms with Crippen molar-refractivity contribution in [1.82, 2.24) is 0 Å². The summed E-state index contributed by atoms with van der Waals surface area (Å²) in [4.78, 5) is 23.2. The van der Waals surface area contributed by atoms with E-state index in [0.29, 0.717) is 5.69 Å². The van der Waals surface area contributed by atoms with E-state index < -0.39 is 12.1 Å². The summed E-state index contributed by atoms with van der Waals surface area (Å²) in [5.41, 5.74) is 7.59. The van der Waals surface area contributed by atoms with Crippen LogP contribution in [0.1, 0.15) is 12.5 Å². The van der Waals surface area contributed by atoms with Gasteiger partial charge in [0.15, 0.2) is 5.78 Å². The summed E-state index contributed by atoms with van der Waals surface area (Å²) >= 11 is 0. The standard InChI is InChI=1S/C11H14N2O3.C7H8/c1-8(14)11(12)13(7-10(15)16)9-5-3-2-4-6-9;1-7-5-3-2-4-6-7/h2-6,11H,7,12H2,1H3,(H,15,16);2-6H,1H3. The monoisotopic (exact) mass is 314 g/mol. The number of nitrogens with zero attached hydrogens (tertiary/aromatic N) is 1. The lowest BCUT2D eigenvalue weighted by atomic mass is 10.2. The number of benzene rings is 2. The minimum atomic E-state index is -1.03. The van der Waals surface area contributed by atoms with Crippen molar-refractivity contribution in [3.05, 3.63) is 66.2 Å². The Morgan fingerprint density at radius 1 is 1.04 bits per heavy atom. The molecule has 0 saturated heterocycles. The molecule has 0 fully saturated rings. The first kappa shape index (κ1) is 18.4. The van der Waals surface area contributed by atoms with Crippen LogP contribution >= 0.6 is 0 Å². The third-order valence-corrected chi connectivity index (χ3v) is 3.09. The summed E-state index contributed by atoms with van der Waals surface area (Å²) in [6.45, 7) is 3.12. The number of rotatable bonds is 5. The molecule has 3 N–H and O–H groups in total. The lowest BCUT2D eigenvalue weighted by molar-refractivity contribution is -0.135. The lowest BCUT2D eigenvalue weighted by Gasteiger charge is -2.27. The Hall–Kier alpha value is -2.66. The van der Waals surface area contributed by atoms with Gasteiger partial charge >= 0.3 is 5.97 Å². The van der Waals surface area contributed by atoms with Crippen LogP contribution in [0, 0.1) is 6.92 Å². The quantitative estimate of drug-likeness (QED) is 0.828. The first-order valence-corrected chi connectivity index (χ1v) is 7.23. The Morgan fingerprint density at radius 3 is 1.87 bits per heavy atom. The molecule has 0 amide bonds. The number of carbonyl (C=O) groups excluding carboxylic acids is 1. The molecule has 1 unspecified atom stereocenters. The van der Waals surface area contributed by atoms with Crippen LogP contribution in [0.25, 0.3) is 0 Å². The van der Waals surface area contributed by atoms with Crippen LogP contribution in [0.4, 0.5) is 5.69 Å². The smallest absolute Gasteiger partial charge is 0.323 e. The second kappa shape index (κ2) is 9.38. The van der Waals surface area contributed by atoms with Crippen LogP contribution in [0.3, 0.4) is 0 Å². The number of para-hydroxylation sites is 1. The van der Waals surface area contributed by atoms with Gasteiger partial charge in [-0.3, -0.25) is 9.59 Å². The molecule has 1 atom stereocenters. The highest BCUT2D eigenvalue weighted by Crippen LogP contribution is 2.14. The van der Waals surface area contributed by atoms with E-state index in [1.807, 2.05) is 24.3 Å². The van der Waals surface area contributed by atoms with Gasteiger partial charge in [0.25, 0.3) is 0 Å². The van der Waals surface area contributed by atoms with E-state index in [2.05, 4.69) is 19.1 Å². The fourth-order valence-electron chi connectivity index (χ4n) is 1.87. The summed E-state index contributed by atoms with van der Waals surface area (Å²) in [6.07, 6.45) is -0.932. The maximum Gasteiger partial charge on any atom is 0.323 e. The first-order chi connectivity index (χ1) is 10.9. The lowest BCUT2D eigenvalue weighted by Crippen LogP contribution is -2.49. The zero-order chi connectivity index (χ0) is 17.2. The Kier molecular flexibility index (Phi) is 7.50. The molecule has 2 aromatic rings. The van der Waals surface area contributed by atoms with Gasteiger partial charge in [0, 0.05) is 5.69 Å². The van der Waals surface area contributed by atoms with Gasteiger partial charge in [-0.25, -0.2) is 0 Å². The summed E-state index contributed by atoms with van der Waals surface area (Å²) in [5.74, 6) is -1.30. The van der Waals surface area contributed by atoms with Crippen molar-refractivity contribution < 1.29 is 14.7 Å². The van der Waals surface area contributed by atoms with Crippen molar-refractivity contribution in [2.24, 2.45) is 5.73 Å². The third kappa shape index (κ3) is 6.76. The molecule has 5 nitrogen and oxygen atoms in total. The normalized spacial score (nSPS) is 10.9. The van der Waals surface area contributed by atoms with E-state index in [1.54, 1.807) is 24.3 Å². The number of anilines is 1. The minimum absolute atomic E-state index is 0.273. The van der Waals surface area contributed by atoms with E-state index in [1.165, 1.54) is 17.4 Å². The number of aryl methyl sites for hydroxylation is 1. The highest BCUT2D eigenvalue weighted by atomic mass is 16.4. The van der Waals surface area contributed by atoms with Crippen molar-refractivity contribution in [2.75, 3.05) is 11.4 Å². The Morgan fingerprint density at radius 2 is 1.52 bits per heavy atom. The molecule has 122 valence electrons. The number of carboxylic acids is 1. The molecular weight excluding hydrogens is 292 g/mol. The van der Waals surface area contributed by atoms with E-state index in [0.717, 1.165) is 0 Å². The van der Waals surface area contributed by atoms with Gasteiger partial charge in [0.1, 0.15) is 12.7 Å². The van der Waals surface area contributed by atoms with Crippen LogP contribution < -0.4 is 10.6 Å². The largest absolute Gasteiger partial charge is 0.480 e. The number of Topliss-reactive ketones (excluding diaryl/α,β-unsaturated/α-hetero) is 1. The molecule has 0 bridgehead atoms. The van der Waals surface area contributed by atoms with Crippen LogP contribution in [-0.4, -0.2) is 29.6 Å². The molecule has 0 spiro atoms. The predicted molar refractivity (Wildman–Crippen MR) is 91.3 cm³/mol. The van der Waals surface area contributed by atoms with Crippen molar-refractivity contribution in [3.8, 4) is 0 Å². The van der Waals surface area contributed by atoms with Gasteiger partial charge in [0.2, 0.25) is 0 Å². The van der Waals surface area contributed by atoms with Crippen molar-refractivity contribution in [2.45, 2.75) is 20.0 Å². The summed E-state index contributed by atoms with van der Waals surface area (Å²) in [6, 6.07) is 19.0. The molecule has 23 heavy (non-hydrogen) atoms. The molecule has 0 aliphatic carbocycles. The fourth-order valence-corrected chi connectivity index (χ4v) is 1.87. The van der Waals surface area contributed by atoms with Gasteiger partial charge in [-0.2, -0.15) is 0 Å². The SMILES string of the molecule is CC(=O)C(N)N(CC(=O)O)c1ccccc1.Cc1ccccc1. The Bertz CT molecular complexity index is 615. The number of hydrogen-bond donors (Lipinski definition) is 2. The van der Waals surface area contributed by atoms with Crippen molar-refractivity contribution in [1.29, 1.82) is 0 Å². The second-order valence-electron chi connectivity index (χ2n) is 5.07. The van der Waals surface area contributed by atoms with E-state index in [9.17, 15) is 9.59 Å². The summed E-state index contributed by atoms with van der Waals surface area (Å²) in [5, 5.41) is 8.77. The molecule has 0 aliphatic rings. The fraction of sp³-hybridized carbons (Fsp3) is 0.222. The topological polar surface area (TPSA) is 83.6 Å². The van der Waals surface area contributed by atoms with Crippen LogP contribution in [0.5, 0.6) is 0 Å². The number of ketones is 1. The van der Waals surface area contributed by atoms with E-state index in [-0.39, 0.29) is 12.3 Å². The maximum absolute atomic E-state index is 11.2. The molecule has 0 aromatic heterocycles. The number of aliphatic carboxylic acids is 1. The molecule has 5 heteroatoms. The van der Waals surface area contributed by atoms with Gasteiger partial charge in [-0.15, -0.1) is 0 Å². The Balaban J connectivity index is 0.000000313. The van der Waals surface area contributed by atoms with Gasteiger partial charge in [-0.05, 0) is 26.0 Å². The molecule has 0 radical (unpaired) electrons. The predicted octanol–water partition coefficient (Wildman–Crippen LogP) is 2.45. The summed E-state index contributed by atoms with van der Waals surface area (Å²) in [7, 11) is 0. The van der Waals surface area contributed by atoms with Crippen LogP contribution in [0.2, 0.25) is 0 Å². The van der Waals surface area contributed by atoms with Gasteiger partial charge in [0.05, 0.1) is 0 Å². The number of carbonyl (C=O) groups is 2. The minimum Gasteiger partial charge on any atom is -0.480 e. The molecule has 0 heterocycles. The average Bonchev–Trinajstić information content (AvgIpc) is 2.54. The van der Waals surface area contributed by atoms with Crippen molar-refractivity contribution in [3.63, 3.8) is 0 Å². The molecule has 2 aromatic carbocycles. The zero-order valence-corrected chi connectivity index (χ0v) is 13.3. The molecule has 0 aliphatic heterocycles.